The molecule has 0 heterocycles. The van der Waals surface area contributed by atoms with Crippen molar-refractivity contribution in [3.8, 4) is 5.75 Å². The standard InChI is InChI=1S/C10H9F4N3O3/c11-6-3-5(9(19)7(18)4-16-17-15)1-2-8(6)20-10(12,13)14/h1-3,7,9,18-19H,4H2. The van der Waals surface area contributed by atoms with Crippen LogP contribution in [0.15, 0.2) is 23.3 Å². The molecule has 110 valence electrons. The van der Waals surface area contributed by atoms with Gasteiger partial charge in [-0.3, -0.25) is 0 Å². The third kappa shape index (κ3) is 4.57. The van der Waals surface area contributed by atoms with Gasteiger partial charge in [0.2, 0.25) is 0 Å². The van der Waals surface area contributed by atoms with Crippen molar-refractivity contribution >= 4 is 0 Å². The summed E-state index contributed by atoms with van der Waals surface area (Å²) in [6, 6.07) is 2.21. The highest BCUT2D eigenvalue weighted by Crippen LogP contribution is 2.28. The second kappa shape index (κ2) is 6.42. The van der Waals surface area contributed by atoms with E-state index in [1.54, 1.807) is 0 Å². The summed E-state index contributed by atoms with van der Waals surface area (Å²) in [5.41, 5.74) is 7.86. The van der Waals surface area contributed by atoms with Crippen LogP contribution in [0.5, 0.6) is 5.75 Å². The smallest absolute Gasteiger partial charge is 0.403 e. The Morgan fingerprint density at radius 2 is 2.00 bits per heavy atom. The average molecular weight is 295 g/mol. The number of hydrogen-bond donors (Lipinski definition) is 2. The molecule has 1 aromatic rings. The maximum atomic E-state index is 13.4. The topological polar surface area (TPSA) is 98.5 Å². The van der Waals surface area contributed by atoms with Crippen LogP contribution >= 0.6 is 0 Å². The number of nitrogens with zero attached hydrogens (tertiary/aromatic N) is 3. The third-order valence-corrected chi connectivity index (χ3v) is 2.22. The Bertz CT molecular complexity index is 517. The fourth-order valence-corrected chi connectivity index (χ4v) is 1.35. The van der Waals surface area contributed by atoms with Gasteiger partial charge in [0.15, 0.2) is 11.6 Å². The number of rotatable bonds is 5. The highest BCUT2D eigenvalue weighted by molar-refractivity contribution is 5.31. The summed E-state index contributed by atoms with van der Waals surface area (Å²) in [4.78, 5) is 2.36. The Labute approximate surface area is 109 Å². The van der Waals surface area contributed by atoms with Gasteiger partial charge in [-0.05, 0) is 23.2 Å². The molecular formula is C10H9F4N3O3. The van der Waals surface area contributed by atoms with Crippen LogP contribution in [0.2, 0.25) is 0 Å². The Balaban J connectivity index is 2.88. The van der Waals surface area contributed by atoms with E-state index in [0.29, 0.717) is 12.1 Å². The molecule has 0 amide bonds. The fraction of sp³-hybridized carbons (Fsp3) is 0.400. The van der Waals surface area contributed by atoms with Crippen LogP contribution in [0.4, 0.5) is 17.6 Å². The van der Waals surface area contributed by atoms with E-state index in [4.69, 9.17) is 5.53 Å². The normalized spacial score (nSPS) is 14.3. The molecule has 0 saturated heterocycles. The number of benzene rings is 1. The Hall–Kier alpha value is -2.03. The Morgan fingerprint density at radius 3 is 2.50 bits per heavy atom. The van der Waals surface area contributed by atoms with Gasteiger partial charge in [0, 0.05) is 4.91 Å². The van der Waals surface area contributed by atoms with Crippen LogP contribution in [0, 0.1) is 5.82 Å². The number of alkyl halides is 3. The van der Waals surface area contributed by atoms with Gasteiger partial charge in [-0.25, -0.2) is 4.39 Å². The number of ether oxygens (including phenoxy) is 1. The molecule has 10 heteroatoms. The number of aliphatic hydroxyl groups is 2. The molecule has 0 aliphatic carbocycles. The first kappa shape index (κ1) is 16.0. The number of hydrogen-bond acceptors (Lipinski definition) is 4. The summed E-state index contributed by atoms with van der Waals surface area (Å²) >= 11 is 0. The van der Waals surface area contributed by atoms with Gasteiger partial charge >= 0.3 is 6.36 Å². The maximum Gasteiger partial charge on any atom is 0.573 e. The molecule has 6 nitrogen and oxygen atoms in total. The van der Waals surface area contributed by atoms with Gasteiger partial charge in [-0.1, -0.05) is 11.2 Å². The van der Waals surface area contributed by atoms with Crippen LogP contribution in [-0.4, -0.2) is 29.2 Å². The lowest BCUT2D eigenvalue weighted by Gasteiger charge is -2.17. The molecular weight excluding hydrogens is 286 g/mol. The van der Waals surface area contributed by atoms with E-state index in [9.17, 15) is 27.8 Å². The molecule has 0 spiro atoms. The molecule has 2 atom stereocenters. The zero-order valence-corrected chi connectivity index (χ0v) is 9.75. The summed E-state index contributed by atoms with van der Waals surface area (Å²) < 4.78 is 52.5. The zero-order chi connectivity index (χ0) is 15.3. The largest absolute Gasteiger partial charge is 0.573 e. The van der Waals surface area contributed by atoms with Crippen molar-refractivity contribution in [2.24, 2.45) is 5.11 Å². The second-order valence-corrected chi connectivity index (χ2v) is 3.66. The highest BCUT2D eigenvalue weighted by Gasteiger charge is 2.32. The molecule has 0 aromatic heterocycles. The van der Waals surface area contributed by atoms with E-state index < -0.39 is 36.7 Å². The quantitative estimate of drug-likeness (QED) is 0.377. The molecule has 20 heavy (non-hydrogen) atoms. The average Bonchev–Trinajstić information content (AvgIpc) is 2.36. The van der Waals surface area contributed by atoms with Gasteiger partial charge in [-0.15, -0.1) is 13.2 Å². The first-order chi connectivity index (χ1) is 9.24. The summed E-state index contributed by atoms with van der Waals surface area (Å²) in [6.07, 6.45) is -8.17. The first-order valence-corrected chi connectivity index (χ1v) is 5.17. The Morgan fingerprint density at radius 1 is 1.35 bits per heavy atom. The van der Waals surface area contributed by atoms with Gasteiger partial charge in [0.25, 0.3) is 0 Å². The van der Waals surface area contributed by atoms with Crippen molar-refractivity contribution < 1.29 is 32.5 Å². The van der Waals surface area contributed by atoms with Crippen molar-refractivity contribution in [2.45, 2.75) is 18.6 Å². The summed E-state index contributed by atoms with van der Waals surface area (Å²) in [5.74, 6) is -2.41. The highest BCUT2D eigenvalue weighted by atomic mass is 19.4. The van der Waals surface area contributed by atoms with Crippen LogP contribution in [0.25, 0.3) is 10.4 Å². The minimum absolute atomic E-state index is 0.183. The minimum Gasteiger partial charge on any atom is -0.403 e. The van der Waals surface area contributed by atoms with Crippen molar-refractivity contribution in [2.75, 3.05) is 6.54 Å². The van der Waals surface area contributed by atoms with Crippen molar-refractivity contribution in [3.63, 3.8) is 0 Å². The zero-order valence-electron chi connectivity index (χ0n) is 9.75. The molecule has 0 radical (unpaired) electrons. The third-order valence-electron chi connectivity index (χ3n) is 2.22. The van der Waals surface area contributed by atoms with Gasteiger partial charge < -0.3 is 14.9 Å². The summed E-state index contributed by atoms with van der Waals surface area (Å²) in [6.45, 7) is -0.472. The SMILES string of the molecule is [N-]=[N+]=NCC(O)C(O)c1ccc(OC(F)(F)F)c(F)c1. The van der Waals surface area contributed by atoms with E-state index in [1.807, 2.05) is 0 Å². The van der Waals surface area contributed by atoms with Gasteiger partial charge in [0.1, 0.15) is 6.10 Å². The predicted octanol–water partition coefficient (Wildman–Crippen LogP) is 2.43. The number of aliphatic hydroxyl groups excluding tert-OH is 2. The van der Waals surface area contributed by atoms with Crippen molar-refractivity contribution in [3.05, 3.63) is 40.0 Å². The Kier molecular flexibility index (Phi) is 5.14. The molecule has 2 N–H and O–H groups in total. The monoisotopic (exact) mass is 295 g/mol. The van der Waals surface area contributed by atoms with Crippen molar-refractivity contribution in [1.29, 1.82) is 0 Å². The molecule has 1 aromatic carbocycles. The van der Waals surface area contributed by atoms with E-state index in [-0.39, 0.29) is 5.56 Å². The second-order valence-electron chi connectivity index (χ2n) is 3.66. The number of halogens is 4. The molecule has 0 aliphatic rings. The van der Waals surface area contributed by atoms with Crippen LogP contribution in [0.1, 0.15) is 11.7 Å². The van der Waals surface area contributed by atoms with E-state index in [2.05, 4.69) is 14.8 Å². The van der Waals surface area contributed by atoms with E-state index in [0.717, 1.165) is 6.07 Å². The first-order valence-electron chi connectivity index (χ1n) is 5.17. The van der Waals surface area contributed by atoms with E-state index >= 15 is 0 Å². The van der Waals surface area contributed by atoms with Crippen molar-refractivity contribution in [1.82, 2.24) is 0 Å². The van der Waals surface area contributed by atoms with Gasteiger partial charge in [-0.2, -0.15) is 0 Å². The predicted molar refractivity (Wildman–Crippen MR) is 58.1 cm³/mol. The minimum atomic E-state index is -5.04. The van der Waals surface area contributed by atoms with Crippen LogP contribution in [0.3, 0.4) is 0 Å². The summed E-state index contributed by atoms with van der Waals surface area (Å²) in [5, 5.41) is 22.0. The molecule has 0 bridgehead atoms. The lowest BCUT2D eigenvalue weighted by atomic mass is 10.0. The van der Waals surface area contributed by atoms with Crippen LogP contribution in [-0.2, 0) is 0 Å². The molecule has 2 unspecified atom stereocenters. The lowest BCUT2D eigenvalue weighted by Crippen LogP contribution is -2.22. The molecule has 0 fully saturated rings. The maximum absolute atomic E-state index is 13.4. The van der Waals surface area contributed by atoms with E-state index in [1.165, 1.54) is 0 Å². The summed E-state index contributed by atoms with van der Waals surface area (Å²) in [7, 11) is 0. The molecule has 0 aliphatic heterocycles. The number of azide groups is 1. The fourth-order valence-electron chi connectivity index (χ4n) is 1.35. The van der Waals surface area contributed by atoms with Crippen LogP contribution < -0.4 is 4.74 Å². The lowest BCUT2D eigenvalue weighted by molar-refractivity contribution is -0.275. The van der Waals surface area contributed by atoms with Gasteiger partial charge in [0.05, 0.1) is 12.6 Å². The molecule has 1 rings (SSSR count). The molecule has 0 saturated carbocycles.